The van der Waals surface area contributed by atoms with Crippen LogP contribution in [0.15, 0.2) is 54.6 Å². The highest BCUT2D eigenvalue weighted by Gasteiger charge is 2.57. The fraction of sp³-hybridized carbons (Fsp3) is 0.250. The van der Waals surface area contributed by atoms with E-state index in [9.17, 15) is 32.3 Å². The Morgan fingerprint density at radius 1 is 1.18 bits per heavy atom. The van der Waals surface area contributed by atoms with Crippen molar-refractivity contribution in [3.63, 3.8) is 0 Å². The number of nitrogens with zero attached hydrogens (tertiary/aromatic N) is 1. The Kier molecular flexibility index (Phi) is 6.58. The molecule has 0 fully saturated rings. The number of hydrogen-bond acceptors (Lipinski definition) is 6. The van der Waals surface area contributed by atoms with E-state index in [1.807, 2.05) is 0 Å². The number of thiophene rings is 1. The number of nitrogens with one attached hydrogen (secondary N) is 1. The molecule has 208 valence electrons. The molecule has 1 aliphatic rings. The molecule has 40 heavy (non-hydrogen) atoms. The second kappa shape index (κ2) is 9.56. The molecule has 2 aromatic carbocycles. The number of carbonyl (C=O) groups excluding carboxylic acids is 2. The first kappa shape index (κ1) is 27.5. The van der Waals surface area contributed by atoms with E-state index >= 15 is 0 Å². The first-order chi connectivity index (χ1) is 18.8. The van der Waals surface area contributed by atoms with Crippen LogP contribution in [0.25, 0.3) is 21.3 Å². The first-order valence-electron chi connectivity index (χ1n) is 12.1. The van der Waals surface area contributed by atoms with Crippen molar-refractivity contribution in [3.8, 4) is 17.0 Å². The SMILES string of the molecule is Cc1c(C(=O)NC[C@](O)(c2cc3c(c(-c4ccc(F)cc4)n2)OC[C@]3(C)C(N)=O)C(F)(F)F)sc2ccccc12. The molecule has 2 amide bonds. The van der Waals surface area contributed by atoms with Crippen molar-refractivity contribution in [1.29, 1.82) is 0 Å². The van der Waals surface area contributed by atoms with Crippen molar-refractivity contribution in [3.05, 3.63) is 82.1 Å². The lowest BCUT2D eigenvalue weighted by molar-refractivity contribution is -0.265. The molecule has 0 bridgehead atoms. The molecule has 12 heteroatoms. The van der Waals surface area contributed by atoms with E-state index in [0.29, 0.717) is 5.56 Å². The van der Waals surface area contributed by atoms with E-state index in [1.54, 1.807) is 31.2 Å². The van der Waals surface area contributed by atoms with Crippen LogP contribution in [0.1, 0.15) is 33.4 Å². The van der Waals surface area contributed by atoms with Crippen LogP contribution in [0, 0.1) is 12.7 Å². The minimum Gasteiger partial charge on any atom is -0.489 e. The summed E-state index contributed by atoms with van der Waals surface area (Å²) in [4.78, 5) is 29.7. The largest absolute Gasteiger partial charge is 0.489 e. The minimum absolute atomic E-state index is 0.00822. The number of benzene rings is 2. The van der Waals surface area contributed by atoms with Crippen LogP contribution in [0.5, 0.6) is 5.75 Å². The van der Waals surface area contributed by atoms with E-state index in [0.717, 1.165) is 39.6 Å². The predicted molar refractivity (Wildman–Crippen MR) is 141 cm³/mol. The number of primary amides is 1. The summed E-state index contributed by atoms with van der Waals surface area (Å²) in [6.07, 6.45) is -5.31. The zero-order chi connectivity index (χ0) is 29.0. The molecule has 2 aromatic heterocycles. The molecule has 0 saturated heterocycles. The van der Waals surface area contributed by atoms with Crippen molar-refractivity contribution in [1.82, 2.24) is 10.3 Å². The number of ether oxygens (including phenoxy) is 1. The molecular formula is C28H23F4N3O4S. The summed E-state index contributed by atoms with van der Waals surface area (Å²) in [5, 5.41) is 14.2. The number of pyridine rings is 1. The number of rotatable bonds is 6. The number of aliphatic hydroxyl groups is 1. The van der Waals surface area contributed by atoms with Gasteiger partial charge in [-0.05, 0) is 61.2 Å². The third-order valence-corrected chi connectivity index (χ3v) is 8.45. The number of fused-ring (bicyclic) bond motifs is 2. The fourth-order valence-corrected chi connectivity index (χ4v) is 5.74. The van der Waals surface area contributed by atoms with Crippen molar-refractivity contribution >= 4 is 33.2 Å². The maximum atomic E-state index is 14.6. The van der Waals surface area contributed by atoms with Crippen LogP contribution in [0.4, 0.5) is 17.6 Å². The quantitative estimate of drug-likeness (QED) is 0.289. The average Bonchev–Trinajstić information content (AvgIpc) is 3.44. The van der Waals surface area contributed by atoms with E-state index in [1.165, 1.54) is 19.1 Å². The third kappa shape index (κ3) is 4.37. The summed E-state index contributed by atoms with van der Waals surface area (Å²) >= 11 is 1.12. The van der Waals surface area contributed by atoms with Crippen LogP contribution >= 0.6 is 11.3 Å². The standard InChI is InChI=1S/C28H23F4N3O4S/c1-14-17-5-3-4-6-19(17)40-23(14)24(36)34-12-27(38,28(30,31)32)20-11-18-22(39-13-26(18,2)25(33)37)21(35-20)15-7-9-16(29)10-8-15/h3-11,38H,12-13H2,1-2H3,(H2,33,37)(H,34,36)/t26-,27-/m0/s1. The van der Waals surface area contributed by atoms with Crippen LogP contribution in [-0.4, -0.2) is 41.2 Å². The Morgan fingerprint density at radius 3 is 2.48 bits per heavy atom. The molecule has 4 aromatic rings. The minimum atomic E-state index is -5.31. The highest BCUT2D eigenvalue weighted by atomic mass is 32.1. The van der Waals surface area contributed by atoms with Gasteiger partial charge in [0.15, 0.2) is 0 Å². The molecule has 4 N–H and O–H groups in total. The summed E-state index contributed by atoms with van der Waals surface area (Å²) in [7, 11) is 0. The van der Waals surface area contributed by atoms with Gasteiger partial charge < -0.3 is 20.9 Å². The fourth-order valence-electron chi connectivity index (χ4n) is 4.62. The second-order valence-electron chi connectivity index (χ2n) is 9.82. The van der Waals surface area contributed by atoms with Gasteiger partial charge in [0, 0.05) is 15.8 Å². The molecule has 7 nitrogen and oxygen atoms in total. The van der Waals surface area contributed by atoms with E-state index < -0.39 is 47.1 Å². The molecule has 1 aliphatic heterocycles. The predicted octanol–water partition coefficient (Wildman–Crippen LogP) is 4.73. The van der Waals surface area contributed by atoms with Gasteiger partial charge in [-0.1, -0.05) is 18.2 Å². The Morgan fingerprint density at radius 2 is 1.85 bits per heavy atom. The Hall–Kier alpha value is -4.03. The summed E-state index contributed by atoms with van der Waals surface area (Å²) in [5.74, 6) is -2.26. The monoisotopic (exact) mass is 573 g/mol. The highest BCUT2D eigenvalue weighted by Crippen LogP contribution is 2.47. The summed E-state index contributed by atoms with van der Waals surface area (Å²) in [6, 6.07) is 12.8. The number of carbonyl (C=O) groups is 2. The number of nitrogens with two attached hydrogens (primary N) is 1. The van der Waals surface area contributed by atoms with Gasteiger partial charge in [0.25, 0.3) is 5.91 Å². The summed E-state index contributed by atoms with van der Waals surface area (Å²) < 4.78 is 63.7. The van der Waals surface area contributed by atoms with Crippen LogP contribution in [0.3, 0.4) is 0 Å². The van der Waals surface area contributed by atoms with Crippen molar-refractivity contribution < 1.29 is 37.0 Å². The van der Waals surface area contributed by atoms with Gasteiger partial charge in [-0.3, -0.25) is 9.59 Å². The maximum Gasteiger partial charge on any atom is 0.424 e. The number of amides is 2. The molecule has 3 heterocycles. The molecule has 0 radical (unpaired) electrons. The van der Waals surface area contributed by atoms with E-state index in [-0.39, 0.29) is 34.1 Å². The number of aromatic nitrogens is 1. The smallest absolute Gasteiger partial charge is 0.424 e. The normalized spacial score (nSPS) is 18.2. The molecule has 2 atom stereocenters. The maximum absolute atomic E-state index is 14.6. The second-order valence-corrected chi connectivity index (χ2v) is 10.9. The van der Waals surface area contributed by atoms with Gasteiger partial charge >= 0.3 is 6.18 Å². The van der Waals surface area contributed by atoms with Gasteiger partial charge in [-0.25, -0.2) is 9.37 Å². The lowest BCUT2D eigenvalue weighted by Gasteiger charge is -2.31. The molecule has 0 aliphatic carbocycles. The number of aryl methyl sites for hydroxylation is 1. The third-order valence-electron chi connectivity index (χ3n) is 7.18. The van der Waals surface area contributed by atoms with Crippen molar-refractivity contribution in [2.45, 2.75) is 31.0 Å². The average molecular weight is 574 g/mol. The Balaban J connectivity index is 1.60. The molecule has 5 rings (SSSR count). The molecule has 0 spiro atoms. The zero-order valence-electron chi connectivity index (χ0n) is 21.2. The Labute approximate surface area is 229 Å². The van der Waals surface area contributed by atoms with Crippen LogP contribution < -0.4 is 15.8 Å². The van der Waals surface area contributed by atoms with Gasteiger partial charge in [-0.15, -0.1) is 11.3 Å². The van der Waals surface area contributed by atoms with Gasteiger partial charge in [0.2, 0.25) is 11.5 Å². The van der Waals surface area contributed by atoms with Gasteiger partial charge in [0.1, 0.15) is 29.3 Å². The van der Waals surface area contributed by atoms with Crippen LogP contribution in [0.2, 0.25) is 0 Å². The lowest BCUT2D eigenvalue weighted by Crippen LogP contribution is -2.51. The molecule has 0 unspecified atom stereocenters. The van der Waals surface area contributed by atoms with Crippen LogP contribution in [-0.2, 0) is 15.8 Å². The zero-order valence-corrected chi connectivity index (χ0v) is 22.0. The lowest BCUT2D eigenvalue weighted by atomic mass is 9.81. The highest BCUT2D eigenvalue weighted by molar-refractivity contribution is 7.21. The van der Waals surface area contributed by atoms with E-state index in [4.69, 9.17) is 10.5 Å². The summed E-state index contributed by atoms with van der Waals surface area (Å²) in [6.45, 7) is 1.54. The van der Waals surface area contributed by atoms with Crippen molar-refractivity contribution in [2.75, 3.05) is 13.2 Å². The number of halogens is 4. The molecule has 0 saturated carbocycles. The Bertz CT molecular complexity index is 1650. The number of hydrogen-bond donors (Lipinski definition) is 3. The topological polar surface area (TPSA) is 115 Å². The van der Waals surface area contributed by atoms with E-state index in [2.05, 4.69) is 10.3 Å². The van der Waals surface area contributed by atoms with Gasteiger partial charge in [-0.2, -0.15) is 13.2 Å². The van der Waals surface area contributed by atoms with Crippen molar-refractivity contribution in [2.24, 2.45) is 5.73 Å². The summed E-state index contributed by atoms with van der Waals surface area (Å²) in [5.41, 5.74) is 0.107. The van der Waals surface area contributed by atoms with Gasteiger partial charge in [0.05, 0.1) is 17.1 Å². The number of alkyl halides is 3. The first-order valence-corrected chi connectivity index (χ1v) is 12.9. The molecular weight excluding hydrogens is 550 g/mol.